The number of halogens is 1. The highest BCUT2D eigenvalue weighted by Crippen LogP contribution is 2.15. The van der Waals surface area contributed by atoms with Crippen molar-refractivity contribution in [3.63, 3.8) is 0 Å². The van der Waals surface area contributed by atoms with E-state index in [4.69, 9.17) is 17.3 Å². The average Bonchev–Trinajstić information content (AvgIpc) is 2.15. The smallest absolute Gasteiger partial charge is 0.0946 e. The molecule has 3 N–H and O–H groups in total. The third-order valence-corrected chi connectivity index (χ3v) is 1.64. The molecule has 0 bridgehead atoms. The normalized spacial score (nSPS) is 10.1. The number of nitrogens with two attached hydrogens (primary N) is 1. The standard InChI is InChI=1S/C5H8ClN3/c1-3-5(6)4(2-7)9-8-3/h2,7H2,1H3,(H,8,9). The summed E-state index contributed by atoms with van der Waals surface area (Å²) >= 11 is 5.74. The Labute approximate surface area is 58.2 Å². The van der Waals surface area contributed by atoms with E-state index in [1.165, 1.54) is 0 Å². The van der Waals surface area contributed by atoms with E-state index in [0.29, 0.717) is 11.6 Å². The molecule has 1 aromatic heterocycles. The highest BCUT2D eigenvalue weighted by molar-refractivity contribution is 6.31. The predicted octanol–water partition coefficient (Wildman–Crippen LogP) is 0.830. The van der Waals surface area contributed by atoms with Crippen LogP contribution in [0.2, 0.25) is 5.02 Å². The van der Waals surface area contributed by atoms with Crippen molar-refractivity contribution in [1.29, 1.82) is 0 Å². The third kappa shape index (κ3) is 1.06. The van der Waals surface area contributed by atoms with Crippen LogP contribution in [-0.2, 0) is 6.54 Å². The molecule has 0 aliphatic heterocycles. The summed E-state index contributed by atoms with van der Waals surface area (Å²) in [4.78, 5) is 0. The Balaban J connectivity index is 3.04. The van der Waals surface area contributed by atoms with Gasteiger partial charge in [-0.15, -0.1) is 0 Å². The highest BCUT2D eigenvalue weighted by Gasteiger charge is 2.03. The summed E-state index contributed by atoms with van der Waals surface area (Å²) in [6.45, 7) is 2.25. The van der Waals surface area contributed by atoms with Crippen molar-refractivity contribution in [3.05, 3.63) is 16.4 Å². The molecule has 4 heteroatoms. The maximum absolute atomic E-state index is 5.74. The van der Waals surface area contributed by atoms with Crippen LogP contribution < -0.4 is 5.73 Å². The van der Waals surface area contributed by atoms with Gasteiger partial charge in [-0.05, 0) is 6.92 Å². The molecule has 0 radical (unpaired) electrons. The molecule has 9 heavy (non-hydrogen) atoms. The van der Waals surface area contributed by atoms with E-state index in [2.05, 4.69) is 10.2 Å². The van der Waals surface area contributed by atoms with Crippen LogP contribution in [0.25, 0.3) is 0 Å². The summed E-state index contributed by atoms with van der Waals surface area (Å²) < 4.78 is 0. The second kappa shape index (κ2) is 2.37. The van der Waals surface area contributed by atoms with Gasteiger partial charge in [0, 0.05) is 6.54 Å². The first-order chi connectivity index (χ1) is 4.25. The lowest BCUT2D eigenvalue weighted by Gasteiger charge is -1.86. The first kappa shape index (κ1) is 6.58. The predicted molar refractivity (Wildman–Crippen MR) is 36.2 cm³/mol. The topological polar surface area (TPSA) is 54.7 Å². The Hall–Kier alpha value is -0.540. The number of H-pyrrole nitrogens is 1. The van der Waals surface area contributed by atoms with Crippen molar-refractivity contribution in [3.8, 4) is 0 Å². The van der Waals surface area contributed by atoms with Crippen LogP contribution in [0.3, 0.4) is 0 Å². The van der Waals surface area contributed by atoms with Crippen LogP contribution in [0.15, 0.2) is 0 Å². The fourth-order valence-corrected chi connectivity index (χ4v) is 0.763. The number of hydrogen-bond acceptors (Lipinski definition) is 2. The minimum atomic E-state index is 0.392. The Morgan fingerprint density at radius 3 is 2.67 bits per heavy atom. The van der Waals surface area contributed by atoms with Crippen molar-refractivity contribution in [2.45, 2.75) is 13.5 Å². The molecule has 0 fully saturated rings. The van der Waals surface area contributed by atoms with Gasteiger partial charge < -0.3 is 5.73 Å². The second-order valence-corrected chi connectivity index (χ2v) is 2.19. The van der Waals surface area contributed by atoms with Gasteiger partial charge in [0.25, 0.3) is 0 Å². The van der Waals surface area contributed by atoms with Gasteiger partial charge in [-0.25, -0.2) is 0 Å². The zero-order valence-corrected chi connectivity index (χ0v) is 5.87. The van der Waals surface area contributed by atoms with Crippen molar-refractivity contribution in [2.24, 2.45) is 5.73 Å². The SMILES string of the molecule is Cc1[nH]nc(CN)c1Cl. The Bertz CT molecular complexity index is 206. The van der Waals surface area contributed by atoms with Gasteiger partial charge in [0.15, 0.2) is 0 Å². The number of hydrogen-bond donors (Lipinski definition) is 2. The Morgan fingerprint density at radius 2 is 2.44 bits per heavy atom. The molecule has 1 aromatic rings. The molecule has 3 nitrogen and oxygen atoms in total. The van der Waals surface area contributed by atoms with Gasteiger partial charge >= 0.3 is 0 Å². The lowest BCUT2D eigenvalue weighted by Crippen LogP contribution is -1.96. The largest absolute Gasteiger partial charge is 0.325 e. The van der Waals surface area contributed by atoms with Crippen LogP contribution in [0, 0.1) is 6.92 Å². The van der Waals surface area contributed by atoms with E-state index in [1.54, 1.807) is 0 Å². The summed E-state index contributed by atoms with van der Waals surface area (Å²) in [5.74, 6) is 0. The quantitative estimate of drug-likeness (QED) is 0.615. The van der Waals surface area contributed by atoms with E-state index in [1.807, 2.05) is 6.92 Å². The van der Waals surface area contributed by atoms with Gasteiger partial charge in [0.05, 0.1) is 16.4 Å². The molecule has 1 rings (SSSR count). The van der Waals surface area contributed by atoms with Crippen molar-refractivity contribution in [2.75, 3.05) is 0 Å². The molecule has 0 saturated carbocycles. The highest BCUT2D eigenvalue weighted by atomic mass is 35.5. The van der Waals surface area contributed by atoms with Gasteiger partial charge in [-0.3, -0.25) is 5.10 Å². The van der Waals surface area contributed by atoms with Crippen LogP contribution in [0.5, 0.6) is 0 Å². The molecule has 0 aliphatic carbocycles. The third-order valence-electron chi connectivity index (χ3n) is 1.13. The Kier molecular flexibility index (Phi) is 1.73. The number of aromatic amines is 1. The van der Waals surface area contributed by atoms with Crippen molar-refractivity contribution >= 4 is 11.6 Å². The van der Waals surface area contributed by atoms with E-state index in [0.717, 1.165) is 11.4 Å². The molecule has 0 atom stereocenters. The summed E-state index contributed by atoms with van der Waals surface area (Å²) in [5.41, 5.74) is 6.90. The van der Waals surface area contributed by atoms with Crippen LogP contribution in [0.1, 0.15) is 11.4 Å². The van der Waals surface area contributed by atoms with E-state index in [-0.39, 0.29) is 0 Å². The first-order valence-corrected chi connectivity index (χ1v) is 3.03. The minimum Gasteiger partial charge on any atom is -0.325 e. The molecule has 0 aromatic carbocycles. The van der Waals surface area contributed by atoms with Crippen LogP contribution in [0.4, 0.5) is 0 Å². The fraction of sp³-hybridized carbons (Fsp3) is 0.400. The molecule has 1 heterocycles. The lowest BCUT2D eigenvalue weighted by atomic mass is 10.4. The maximum atomic E-state index is 5.74. The second-order valence-electron chi connectivity index (χ2n) is 1.81. The summed E-state index contributed by atoms with van der Waals surface area (Å²) in [7, 11) is 0. The molecule has 0 unspecified atom stereocenters. The van der Waals surface area contributed by atoms with Gasteiger partial charge in [-0.2, -0.15) is 5.10 Å². The zero-order chi connectivity index (χ0) is 6.85. The monoisotopic (exact) mass is 145 g/mol. The van der Waals surface area contributed by atoms with Crippen molar-refractivity contribution < 1.29 is 0 Å². The minimum absolute atomic E-state index is 0.392. The fourth-order valence-electron chi connectivity index (χ4n) is 0.601. The molecule has 0 spiro atoms. The Morgan fingerprint density at radius 1 is 1.78 bits per heavy atom. The van der Waals surface area contributed by atoms with Gasteiger partial charge in [-0.1, -0.05) is 11.6 Å². The molecule has 50 valence electrons. The molecule has 0 amide bonds. The molecular weight excluding hydrogens is 138 g/mol. The summed E-state index contributed by atoms with van der Waals surface area (Å²) in [6, 6.07) is 0. The molecule has 0 saturated heterocycles. The van der Waals surface area contributed by atoms with Crippen LogP contribution in [-0.4, -0.2) is 10.2 Å². The van der Waals surface area contributed by atoms with Gasteiger partial charge in [0.1, 0.15) is 0 Å². The first-order valence-electron chi connectivity index (χ1n) is 2.65. The number of rotatable bonds is 1. The summed E-state index contributed by atoms with van der Waals surface area (Å²) in [5, 5.41) is 7.23. The number of aryl methyl sites for hydroxylation is 1. The summed E-state index contributed by atoms with van der Waals surface area (Å²) in [6.07, 6.45) is 0. The molecular formula is C5H8ClN3. The van der Waals surface area contributed by atoms with E-state index >= 15 is 0 Å². The number of nitrogens with zero attached hydrogens (tertiary/aromatic N) is 1. The maximum Gasteiger partial charge on any atom is 0.0946 e. The van der Waals surface area contributed by atoms with E-state index in [9.17, 15) is 0 Å². The lowest BCUT2D eigenvalue weighted by molar-refractivity contribution is 0.939. The van der Waals surface area contributed by atoms with Crippen LogP contribution >= 0.6 is 11.6 Å². The van der Waals surface area contributed by atoms with Gasteiger partial charge in [0.2, 0.25) is 0 Å². The van der Waals surface area contributed by atoms with E-state index < -0.39 is 0 Å². The number of aromatic nitrogens is 2. The van der Waals surface area contributed by atoms with Crippen molar-refractivity contribution in [1.82, 2.24) is 10.2 Å². The molecule has 0 aliphatic rings. The number of nitrogens with one attached hydrogen (secondary N) is 1. The zero-order valence-electron chi connectivity index (χ0n) is 5.11. The average molecular weight is 146 g/mol.